The molecule has 0 saturated heterocycles. The third kappa shape index (κ3) is 2.54. The molecule has 0 fully saturated rings. The second-order valence-electron chi connectivity index (χ2n) is 3.92. The monoisotopic (exact) mass is 262 g/mol. The zero-order valence-corrected chi connectivity index (χ0v) is 10.9. The van der Waals surface area contributed by atoms with Gasteiger partial charge in [0.2, 0.25) is 11.7 Å². The van der Waals surface area contributed by atoms with Crippen LogP contribution in [0.25, 0.3) is 11.4 Å². The molecule has 0 aromatic carbocycles. The molecule has 0 aliphatic heterocycles. The molecule has 0 amide bonds. The number of carboxylic acids is 1. The topological polar surface area (TPSA) is 90.1 Å². The molecule has 7 nitrogen and oxygen atoms in total. The van der Waals surface area contributed by atoms with Gasteiger partial charge in [-0.2, -0.15) is 5.10 Å². The summed E-state index contributed by atoms with van der Waals surface area (Å²) in [6, 6.07) is 3.46. The molecule has 2 heterocycles. The van der Waals surface area contributed by atoms with Gasteiger partial charge in [-0.1, -0.05) is 0 Å². The van der Waals surface area contributed by atoms with E-state index in [2.05, 4.69) is 15.1 Å². The molecule has 1 N–H and O–H groups in total. The summed E-state index contributed by atoms with van der Waals surface area (Å²) < 4.78 is 6.43. The van der Waals surface area contributed by atoms with Crippen LogP contribution in [0.2, 0.25) is 0 Å². The van der Waals surface area contributed by atoms with Gasteiger partial charge in [0, 0.05) is 23.9 Å². The van der Waals surface area contributed by atoms with Gasteiger partial charge in [-0.15, -0.1) is 0 Å². The first-order valence-corrected chi connectivity index (χ1v) is 5.76. The molecule has 0 aliphatic carbocycles. The standard InChI is InChI=1S/C12H14N4O3/c1-4-16-11(12(17)18)14-10(15-16)8-5-7(2)13-9(6-8)19-3/h5-6H,4H2,1-3H3,(H,17,18). The van der Waals surface area contributed by atoms with Gasteiger partial charge in [0.15, 0.2) is 5.82 Å². The number of hydrogen-bond donors (Lipinski definition) is 1. The smallest absolute Gasteiger partial charge is 0.373 e. The van der Waals surface area contributed by atoms with Crippen molar-refractivity contribution in [2.24, 2.45) is 0 Å². The van der Waals surface area contributed by atoms with Crippen LogP contribution < -0.4 is 4.74 Å². The van der Waals surface area contributed by atoms with Crippen LogP contribution >= 0.6 is 0 Å². The number of ether oxygens (including phenoxy) is 1. The molecule has 2 rings (SSSR count). The zero-order chi connectivity index (χ0) is 14.0. The highest BCUT2D eigenvalue weighted by atomic mass is 16.5. The van der Waals surface area contributed by atoms with Crippen LogP contribution in [0, 0.1) is 6.92 Å². The first kappa shape index (κ1) is 13.0. The van der Waals surface area contributed by atoms with Crippen LogP contribution in [0.1, 0.15) is 23.2 Å². The number of hydrogen-bond acceptors (Lipinski definition) is 5. The van der Waals surface area contributed by atoms with E-state index in [-0.39, 0.29) is 5.82 Å². The summed E-state index contributed by atoms with van der Waals surface area (Å²) in [7, 11) is 1.52. The summed E-state index contributed by atoms with van der Waals surface area (Å²) in [4.78, 5) is 19.3. The Labute approximate surface area is 109 Å². The minimum absolute atomic E-state index is 0.0778. The van der Waals surface area contributed by atoms with Crippen LogP contribution in [0.4, 0.5) is 0 Å². The SMILES string of the molecule is CCn1nc(-c2cc(C)nc(OC)c2)nc1C(=O)O. The molecular formula is C12H14N4O3. The maximum atomic E-state index is 11.1. The van der Waals surface area contributed by atoms with E-state index >= 15 is 0 Å². The summed E-state index contributed by atoms with van der Waals surface area (Å²) >= 11 is 0. The number of aryl methyl sites for hydroxylation is 2. The Kier molecular flexibility index (Phi) is 3.46. The molecule has 0 radical (unpaired) electrons. The quantitative estimate of drug-likeness (QED) is 0.895. The molecule has 2 aromatic rings. The highest BCUT2D eigenvalue weighted by Crippen LogP contribution is 2.21. The van der Waals surface area contributed by atoms with Crippen molar-refractivity contribution in [1.82, 2.24) is 19.7 Å². The molecule has 7 heteroatoms. The molecule has 19 heavy (non-hydrogen) atoms. The van der Waals surface area contributed by atoms with Gasteiger partial charge in [-0.05, 0) is 19.9 Å². The average Bonchev–Trinajstić information content (AvgIpc) is 2.82. The molecule has 0 unspecified atom stereocenters. The van der Waals surface area contributed by atoms with E-state index in [0.717, 1.165) is 5.69 Å². The van der Waals surface area contributed by atoms with Gasteiger partial charge in [0.25, 0.3) is 0 Å². The van der Waals surface area contributed by atoms with Crippen molar-refractivity contribution in [3.05, 3.63) is 23.7 Å². The fraction of sp³-hybridized carbons (Fsp3) is 0.333. The minimum atomic E-state index is -1.10. The lowest BCUT2D eigenvalue weighted by Crippen LogP contribution is -2.09. The van der Waals surface area contributed by atoms with Crippen molar-refractivity contribution in [3.8, 4) is 17.3 Å². The fourth-order valence-corrected chi connectivity index (χ4v) is 1.71. The van der Waals surface area contributed by atoms with Crippen molar-refractivity contribution in [3.63, 3.8) is 0 Å². The molecule has 100 valence electrons. The Morgan fingerprint density at radius 2 is 2.16 bits per heavy atom. The normalized spacial score (nSPS) is 10.5. The number of aromatic carboxylic acids is 1. The van der Waals surface area contributed by atoms with E-state index in [4.69, 9.17) is 9.84 Å². The predicted molar refractivity (Wildman–Crippen MR) is 67.2 cm³/mol. The van der Waals surface area contributed by atoms with Crippen LogP contribution in [0.3, 0.4) is 0 Å². The molecule has 0 saturated carbocycles. The van der Waals surface area contributed by atoms with E-state index in [0.29, 0.717) is 23.8 Å². The van der Waals surface area contributed by atoms with Crippen LogP contribution in [0.15, 0.2) is 12.1 Å². The van der Waals surface area contributed by atoms with E-state index < -0.39 is 5.97 Å². The Morgan fingerprint density at radius 1 is 1.42 bits per heavy atom. The van der Waals surface area contributed by atoms with E-state index in [1.165, 1.54) is 11.8 Å². The van der Waals surface area contributed by atoms with Gasteiger partial charge >= 0.3 is 5.97 Å². The summed E-state index contributed by atoms with van der Waals surface area (Å²) in [6.45, 7) is 4.07. The second kappa shape index (κ2) is 5.05. The van der Waals surface area contributed by atoms with Crippen molar-refractivity contribution in [2.75, 3.05) is 7.11 Å². The first-order chi connectivity index (χ1) is 9.05. The van der Waals surface area contributed by atoms with E-state index in [1.807, 2.05) is 13.8 Å². The van der Waals surface area contributed by atoms with E-state index in [9.17, 15) is 4.79 Å². The number of carbonyl (C=O) groups is 1. The Hall–Kier alpha value is -2.44. The summed E-state index contributed by atoms with van der Waals surface area (Å²) in [5.74, 6) is -0.382. The number of nitrogens with zero attached hydrogens (tertiary/aromatic N) is 4. The molecule has 0 aliphatic rings. The summed E-state index contributed by atoms with van der Waals surface area (Å²) in [5, 5.41) is 13.2. The number of carboxylic acid groups (broad SMARTS) is 1. The van der Waals surface area contributed by atoms with Crippen LogP contribution in [-0.2, 0) is 6.54 Å². The molecule has 2 aromatic heterocycles. The minimum Gasteiger partial charge on any atom is -0.481 e. The Bertz CT molecular complexity index is 621. The first-order valence-electron chi connectivity index (χ1n) is 5.76. The van der Waals surface area contributed by atoms with Crippen LogP contribution in [0.5, 0.6) is 5.88 Å². The maximum absolute atomic E-state index is 11.1. The third-order valence-corrected chi connectivity index (χ3v) is 2.56. The molecule has 0 bridgehead atoms. The number of aromatic nitrogens is 4. The third-order valence-electron chi connectivity index (χ3n) is 2.56. The fourth-order valence-electron chi connectivity index (χ4n) is 1.71. The number of pyridine rings is 1. The van der Waals surface area contributed by atoms with Gasteiger partial charge in [-0.3, -0.25) is 0 Å². The van der Waals surface area contributed by atoms with Gasteiger partial charge in [0.05, 0.1) is 7.11 Å². The average molecular weight is 262 g/mol. The number of methoxy groups -OCH3 is 1. The van der Waals surface area contributed by atoms with Crippen molar-refractivity contribution in [2.45, 2.75) is 20.4 Å². The lowest BCUT2D eigenvalue weighted by molar-refractivity contribution is 0.0676. The second-order valence-corrected chi connectivity index (χ2v) is 3.92. The lowest BCUT2D eigenvalue weighted by atomic mass is 10.2. The molecule has 0 spiro atoms. The summed E-state index contributed by atoms with van der Waals surface area (Å²) in [6.07, 6.45) is 0. The van der Waals surface area contributed by atoms with Crippen LogP contribution in [-0.4, -0.2) is 37.9 Å². The largest absolute Gasteiger partial charge is 0.481 e. The van der Waals surface area contributed by atoms with Crippen molar-refractivity contribution < 1.29 is 14.6 Å². The lowest BCUT2D eigenvalue weighted by Gasteiger charge is -2.02. The van der Waals surface area contributed by atoms with E-state index in [1.54, 1.807) is 12.1 Å². The summed E-state index contributed by atoms with van der Waals surface area (Å²) in [5.41, 5.74) is 1.43. The highest BCUT2D eigenvalue weighted by Gasteiger charge is 2.17. The number of rotatable bonds is 4. The van der Waals surface area contributed by atoms with Crippen molar-refractivity contribution in [1.29, 1.82) is 0 Å². The molecular weight excluding hydrogens is 248 g/mol. The van der Waals surface area contributed by atoms with Gasteiger partial charge in [-0.25, -0.2) is 19.4 Å². The predicted octanol–water partition coefficient (Wildman–Crippen LogP) is 1.38. The van der Waals surface area contributed by atoms with Gasteiger partial charge in [0.1, 0.15) is 0 Å². The zero-order valence-electron chi connectivity index (χ0n) is 10.9. The molecule has 0 atom stereocenters. The highest BCUT2D eigenvalue weighted by molar-refractivity contribution is 5.84. The van der Waals surface area contributed by atoms with Gasteiger partial charge < -0.3 is 9.84 Å². The maximum Gasteiger partial charge on any atom is 0.373 e. The Balaban J connectivity index is 2.52. The van der Waals surface area contributed by atoms with Crippen molar-refractivity contribution >= 4 is 5.97 Å². The Morgan fingerprint density at radius 3 is 2.68 bits per heavy atom.